The van der Waals surface area contributed by atoms with E-state index >= 15 is 0 Å². The fourth-order valence-electron chi connectivity index (χ4n) is 3.85. The summed E-state index contributed by atoms with van der Waals surface area (Å²) in [7, 11) is -0.987. The first kappa shape index (κ1) is 17.9. The molecule has 1 saturated carbocycles. The molecule has 1 aromatic carbocycles. The molecule has 1 aliphatic carbocycles. The Morgan fingerprint density at radius 2 is 1.75 bits per heavy atom. The molecular formula is C18H29N3O2S. The van der Waals surface area contributed by atoms with E-state index in [4.69, 9.17) is 0 Å². The second-order valence-corrected chi connectivity index (χ2v) is 9.35. The van der Waals surface area contributed by atoms with Crippen LogP contribution in [0.15, 0.2) is 29.2 Å². The Hall–Kier alpha value is -0.950. The molecule has 0 spiro atoms. The van der Waals surface area contributed by atoms with Gasteiger partial charge in [0.1, 0.15) is 0 Å². The summed E-state index contributed by atoms with van der Waals surface area (Å²) in [6, 6.07) is 8.14. The van der Waals surface area contributed by atoms with Crippen LogP contribution in [0.1, 0.15) is 43.7 Å². The minimum Gasteiger partial charge on any atom is -0.302 e. The van der Waals surface area contributed by atoms with Gasteiger partial charge >= 0.3 is 0 Å². The van der Waals surface area contributed by atoms with Crippen molar-refractivity contribution < 1.29 is 8.42 Å². The van der Waals surface area contributed by atoms with Gasteiger partial charge in [-0.05, 0) is 37.6 Å². The van der Waals surface area contributed by atoms with E-state index in [1.54, 1.807) is 12.1 Å². The van der Waals surface area contributed by atoms with Crippen molar-refractivity contribution in [1.29, 1.82) is 0 Å². The van der Waals surface area contributed by atoms with Gasteiger partial charge in [0, 0.05) is 31.4 Å². The van der Waals surface area contributed by atoms with Crippen LogP contribution >= 0.6 is 0 Å². The van der Waals surface area contributed by atoms with E-state index in [1.165, 1.54) is 38.4 Å². The molecule has 1 heterocycles. The molecule has 0 amide bonds. The number of hydrogen-bond donors (Lipinski definition) is 2. The number of benzene rings is 1. The highest BCUT2D eigenvalue weighted by Gasteiger charge is 2.27. The van der Waals surface area contributed by atoms with Gasteiger partial charge in [0.2, 0.25) is 0 Å². The quantitative estimate of drug-likeness (QED) is 0.868. The Balaban J connectivity index is 1.66. The summed E-state index contributed by atoms with van der Waals surface area (Å²) in [5.74, 6) is 0. The van der Waals surface area contributed by atoms with E-state index in [1.807, 2.05) is 12.1 Å². The zero-order chi connectivity index (χ0) is 17.2. The molecule has 1 aliphatic heterocycles. The summed E-state index contributed by atoms with van der Waals surface area (Å²) in [6.07, 6.45) is 8.11. The van der Waals surface area contributed by atoms with Crippen molar-refractivity contribution in [3.63, 3.8) is 0 Å². The second kappa shape index (κ2) is 7.52. The van der Waals surface area contributed by atoms with Crippen LogP contribution in [0.2, 0.25) is 0 Å². The number of rotatable bonds is 4. The Kier molecular flexibility index (Phi) is 5.59. The normalized spacial score (nSPS) is 27.2. The smallest absolute Gasteiger partial charge is 0.175 e. The van der Waals surface area contributed by atoms with Gasteiger partial charge in [-0.1, -0.05) is 31.4 Å². The van der Waals surface area contributed by atoms with Crippen molar-refractivity contribution in [2.24, 2.45) is 0 Å². The van der Waals surface area contributed by atoms with E-state index in [0.717, 1.165) is 18.7 Å². The molecule has 3 rings (SSSR count). The van der Waals surface area contributed by atoms with Crippen molar-refractivity contribution in [2.75, 3.05) is 26.4 Å². The van der Waals surface area contributed by atoms with Gasteiger partial charge in [0.05, 0.1) is 11.1 Å². The van der Waals surface area contributed by atoms with Crippen LogP contribution in [0, 0.1) is 0 Å². The molecule has 0 radical (unpaired) electrons. The molecule has 0 aromatic heterocycles. The van der Waals surface area contributed by atoms with Crippen molar-refractivity contribution in [1.82, 2.24) is 15.5 Å². The minimum atomic E-state index is -3.13. The lowest BCUT2D eigenvalue weighted by molar-refractivity contribution is 0.155. The lowest BCUT2D eigenvalue weighted by atomic mass is 9.95. The van der Waals surface area contributed by atoms with Gasteiger partial charge in [-0.3, -0.25) is 10.6 Å². The van der Waals surface area contributed by atoms with Crippen molar-refractivity contribution in [3.05, 3.63) is 29.8 Å². The van der Waals surface area contributed by atoms with E-state index in [0.29, 0.717) is 10.9 Å². The zero-order valence-electron chi connectivity index (χ0n) is 14.7. The Morgan fingerprint density at radius 1 is 1.08 bits per heavy atom. The highest BCUT2D eigenvalue weighted by Crippen LogP contribution is 2.22. The van der Waals surface area contributed by atoms with Crippen LogP contribution in [0.5, 0.6) is 0 Å². The summed E-state index contributed by atoms with van der Waals surface area (Å²) >= 11 is 0. The highest BCUT2D eigenvalue weighted by molar-refractivity contribution is 7.90. The summed E-state index contributed by atoms with van der Waals surface area (Å²) in [4.78, 5) is 2.72. The molecule has 6 heteroatoms. The maximum absolute atomic E-state index is 11.6. The van der Waals surface area contributed by atoms with Crippen LogP contribution in [0.25, 0.3) is 0 Å². The van der Waals surface area contributed by atoms with Crippen LogP contribution in [0.4, 0.5) is 0 Å². The van der Waals surface area contributed by atoms with E-state index in [-0.39, 0.29) is 12.2 Å². The second-order valence-electron chi connectivity index (χ2n) is 7.34. The monoisotopic (exact) mass is 351 g/mol. The highest BCUT2D eigenvalue weighted by atomic mass is 32.2. The van der Waals surface area contributed by atoms with Crippen molar-refractivity contribution in [2.45, 2.75) is 55.2 Å². The fourth-order valence-corrected chi connectivity index (χ4v) is 4.48. The van der Waals surface area contributed by atoms with Gasteiger partial charge in [-0.25, -0.2) is 8.42 Å². The molecule has 24 heavy (non-hydrogen) atoms. The van der Waals surface area contributed by atoms with Gasteiger partial charge in [-0.15, -0.1) is 0 Å². The Labute approximate surface area is 145 Å². The van der Waals surface area contributed by atoms with E-state index in [9.17, 15) is 8.42 Å². The average Bonchev–Trinajstić information content (AvgIpc) is 2.54. The summed E-state index contributed by atoms with van der Waals surface area (Å²) in [5.41, 5.74) is 1.14. The van der Waals surface area contributed by atoms with Gasteiger partial charge < -0.3 is 4.90 Å². The minimum absolute atomic E-state index is 0.221. The maximum atomic E-state index is 11.6. The third-order valence-corrected chi connectivity index (χ3v) is 6.27. The number of nitrogens with one attached hydrogen (secondary N) is 2. The van der Waals surface area contributed by atoms with Crippen LogP contribution in [-0.2, 0) is 9.84 Å². The molecule has 2 unspecified atom stereocenters. The number of nitrogens with zero attached hydrogens (tertiary/aromatic N) is 1. The van der Waals surface area contributed by atoms with Gasteiger partial charge in [-0.2, -0.15) is 0 Å². The lowest BCUT2D eigenvalue weighted by Crippen LogP contribution is -2.59. The third kappa shape index (κ3) is 4.57. The van der Waals surface area contributed by atoms with Gasteiger partial charge in [0.15, 0.2) is 9.84 Å². The largest absolute Gasteiger partial charge is 0.302 e. The summed E-state index contributed by atoms with van der Waals surface area (Å²) in [5, 5.41) is 7.48. The zero-order valence-corrected chi connectivity index (χ0v) is 15.5. The first-order valence-corrected chi connectivity index (χ1v) is 10.8. The van der Waals surface area contributed by atoms with Gasteiger partial charge in [0.25, 0.3) is 0 Å². The third-order valence-electron chi connectivity index (χ3n) is 5.14. The average molecular weight is 352 g/mol. The number of piperazine rings is 1. The lowest BCUT2D eigenvalue weighted by Gasteiger charge is -2.40. The van der Waals surface area contributed by atoms with Crippen LogP contribution < -0.4 is 10.6 Å². The molecule has 2 fully saturated rings. The Morgan fingerprint density at radius 3 is 2.38 bits per heavy atom. The molecule has 0 bridgehead atoms. The first-order chi connectivity index (χ1) is 11.4. The molecule has 134 valence electrons. The van der Waals surface area contributed by atoms with Crippen molar-refractivity contribution in [3.8, 4) is 0 Å². The molecule has 1 aromatic rings. The van der Waals surface area contributed by atoms with Crippen LogP contribution in [0.3, 0.4) is 0 Å². The van der Waals surface area contributed by atoms with Crippen LogP contribution in [-0.4, -0.2) is 51.9 Å². The maximum Gasteiger partial charge on any atom is 0.175 e. The van der Waals surface area contributed by atoms with Crippen molar-refractivity contribution >= 4 is 9.84 Å². The first-order valence-electron chi connectivity index (χ1n) is 8.92. The number of hydrogen-bond acceptors (Lipinski definition) is 5. The topological polar surface area (TPSA) is 61.4 Å². The SMILES string of the molecule is CN1CC(NC2CCCCC2)NC(c2ccc(S(C)(=O)=O)cc2)C1. The standard InChI is InChI=1S/C18H29N3O2S/c1-21-12-17(14-8-10-16(11-9-14)24(2,22)23)20-18(13-21)19-15-6-4-3-5-7-15/h8-11,15,17-20H,3-7,12-13H2,1-2H3. The molecule has 2 N–H and O–H groups in total. The Bertz CT molecular complexity index is 639. The predicted molar refractivity (Wildman–Crippen MR) is 96.7 cm³/mol. The number of sulfone groups is 1. The fraction of sp³-hybridized carbons (Fsp3) is 0.667. The molecule has 5 nitrogen and oxygen atoms in total. The summed E-state index contributed by atoms with van der Waals surface area (Å²) in [6.45, 7) is 1.93. The molecule has 2 aliphatic rings. The molecular weight excluding hydrogens is 322 g/mol. The summed E-state index contributed by atoms with van der Waals surface area (Å²) < 4.78 is 23.2. The van der Waals surface area contributed by atoms with E-state index < -0.39 is 9.84 Å². The predicted octanol–water partition coefficient (Wildman–Crippen LogP) is 1.91. The molecule has 2 atom stereocenters. The molecule has 1 saturated heterocycles. The number of likely N-dealkylation sites (N-methyl/N-ethyl adjacent to an activating group) is 1. The van der Waals surface area contributed by atoms with E-state index in [2.05, 4.69) is 22.6 Å².